The molecule has 0 saturated heterocycles. The third-order valence-corrected chi connectivity index (χ3v) is 2.28. The van der Waals surface area contributed by atoms with E-state index in [-0.39, 0.29) is 6.42 Å². The minimum Gasteiger partial charge on any atom is -0.479 e. The van der Waals surface area contributed by atoms with Gasteiger partial charge in [-0.15, -0.1) is 0 Å². The summed E-state index contributed by atoms with van der Waals surface area (Å²) in [5, 5.41) is 8.56. The maximum absolute atomic E-state index is 10.5. The highest BCUT2D eigenvalue weighted by Gasteiger charge is 2.32. The third kappa shape index (κ3) is 5.94. The number of carbonyl (C=O) groups is 1. The lowest BCUT2D eigenvalue weighted by molar-refractivity contribution is -0.137. The van der Waals surface area contributed by atoms with E-state index >= 15 is 0 Å². The van der Waals surface area contributed by atoms with Gasteiger partial charge in [0.15, 0.2) is 0 Å². The second-order valence-electron chi connectivity index (χ2n) is 2.78. The Bertz CT molecular complexity index is 188. The van der Waals surface area contributed by atoms with Crippen molar-refractivity contribution in [3.63, 3.8) is 0 Å². The van der Waals surface area contributed by atoms with Crippen molar-refractivity contribution in [2.75, 3.05) is 0 Å². The Labute approximate surface area is 88.5 Å². The second-order valence-corrected chi connectivity index (χ2v) is 4.27. The van der Waals surface area contributed by atoms with Crippen LogP contribution in [0.1, 0.15) is 32.6 Å². The predicted molar refractivity (Wildman–Crippen MR) is 55.4 cm³/mol. The van der Waals surface area contributed by atoms with Gasteiger partial charge in [0, 0.05) is 0 Å². The lowest BCUT2D eigenvalue weighted by Crippen LogP contribution is -2.25. The quantitative estimate of drug-likeness (QED) is 0.427. The van der Waals surface area contributed by atoms with Crippen LogP contribution in [0.4, 0.5) is 0 Å². The Balaban J connectivity index is 3.64. The summed E-state index contributed by atoms with van der Waals surface area (Å²) in [6.45, 7) is 2.04. The molecule has 0 rings (SSSR count). The van der Waals surface area contributed by atoms with Gasteiger partial charge in [-0.1, -0.05) is 42.3 Å². The molecule has 0 spiro atoms. The van der Waals surface area contributed by atoms with Crippen LogP contribution < -0.4 is 0 Å². The molecule has 0 saturated carbocycles. The fourth-order valence-corrected chi connectivity index (χ4v) is 1.10. The fraction of sp³-hybridized carbons (Fsp3) is 0.667. The van der Waals surface area contributed by atoms with Crippen LogP contribution >= 0.6 is 23.2 Å². The number of rotatable bonds is 6. The Morgan fingerprint density at radius 2 is 2.08 bits per heavy atom. The van der Waals surface area contributed by atoms with E-state index in [0.29, 0.717) is 6.42 Å². The summed E-state index contributed by atoms with van der Waals surface area (Å²) in [5.41, 5.74) is 0. The minimum atomic E-state index is -1.62. The first kappa shape index (κ1) is 12.8. The molecule has 0 bridgehead atoms. The molecule has 0 aromatic heterocycles. The van der Waals surface area contributed by atoms with Crippen molar-refractivity contribution in [3.8, 4) is 0 Å². The number of alkyl halides is 2. The van der Waals surface area contributed by atoms with Gasteiger partial charge in [-0.05, 0) is 25.7 Å². The molecule has 0 aliphatic heterocycles. The molecule has 0 heterocycles. The van der Waals surface area contributed by atoms with Crippen LogP contribution in [0.2, 0.25) is 0 Å². The van der Waals surface area contributed by atoms with E-state index in [9.17, 15) is 4.79 Å². The average molecular weight is 225 g/mol. The number of allylic oxidation sites excluding steroid dienone is 2. The average Bonchev–Trinajstić information content (AvgIpc) is 2.03. The number of carboxylic acids is 1. The van der Waals surface area contributed by atoms with Crippen LogP contribution in [0.25, 0.3) is 0 Å². The van der Waals surface area contributed by atoms with Gasteiger partial charge in [-0.3, -0.25) is 0 Å². The Morgan fingerprint density at radius 1 is 1.46 bits per heavy atom. The largest absolute Gasteiger partial charge is 0.479 e. The lowest BCUT2D eigenvalue weighted by atomic mass is 10.1. The molecule has 0 unspecified atom stereocenters. The van der Waals surface area contributed by atoms with Crippen LogP contribution in [0.5, 0.6) is 0 Å². The molecular formula is C9H14Cl2O2. The van der Waals surface area contributed by atoms with Gasteiger partial charge in [0.1, 0.15) is 0 Å². The number of carboxylic acid groups (broad SMARTS) is 1. The van der Waals surface area contributed by atoms with Crippen molar-refractivity contribution in [2.45, 2.75) is 36.9 Å². The summed E-state index contributed by atoms with van der Waals surface area (Å²) in [7, 11) is 0. The molecule has 1 N–H and O–H groups in total. The maximum Gasteiger partial charge on any atom is 0.340 e. The van der Waals surface area contributed by atoms with Gasteiger partial charge in [-0.25, -0.2) is 4.79 Å². The van der Waals surface area contributed by atoms with Crippen molar-refractivity contribution in [1.29, 1.82) is 0 Å². The number of hydrogen-bond acceptors (Lipinski definition) is 1. The van der Waals surface area contributed by atoms with E-state index in [1.165, 1.54) is 0 Å². The van der Waals surface area contributed by atoms with E-state index in [1.807, 2.05) is 19.1 Å². The van der Waals surface area contributed by atoms with E-state index < -0.39 is 10.3 Å². The molecule has 0 atom stereocenters. The Kier molecular flexibility index (Phi) is 6.17. The SMILES string of the molecule is CC/C=C\CCCC(Cl)(Cl)C(=O)O. The molecular weight excluding hydrogens is 211 g/mol. The van der Waals surface area contributed by atoms with Gasteiger partial charge in [0.05, 0.1) is 0 Å². The van der Waals surface area contributed by atoms with Crippen LogP contribution in [-0.4, -0.2) is 15.4 Å². The molecule has 0 aromatic rings. The first-order valence-corrected chi connectivity index (χ1v) is 5.02. The minimum absolute atomic E-state index is 0.277. The van der Waals surface area contributed by atoms with Crippen molar-refractivity contribution >= 4 is 29.2 Å². The zero-order chi connectivity index (χ0) is 10.3. The topological polar surface area (TPSA) is 37.3 Å². The van der Waals surface area contributed by atoms with Gasteiger partial charge in [-0.2, -0.15) is 0 Å². The van der Waals surface area contributed by atoms with Gasteiger partial charge >= 0.3 is 5.97 Å². The summed E-state index contributed by atoms with van der Waals surface area (Å²) in [5.74, 6) is -1.17. The Hall–Kier alpha value is -0.210. The molecule has 4 heteroatoms. The maximum atomic E-state index is 10.5. The van der Waals surface area contributed by atoms with E-state index in [4.69, 9.17) is 28.3 Å². The normalized spacial score (nSPS) is 12.2. The van der Waals surface area contributed by atoms with Crippen LogP contribution in [-0.2, 0) is 4.79 Å². The van der Waals surface area contributed by atoms with Crippen LogP contribution in [0.15, 0.2) is 12.2 Å². The first-order valence-electron chi connectivity index (χ1n) is 4.27. The molecule has 2 nitrogen and oxygen atoms in total. The van der Waals surface area contributed by atoms with Gasteiger partial charge in [0.2, 0.25) is 4.33 Å². The molecule has 13 heavy (non-hydrogen) atoms. The Morgan fingerprint density at radius 3 is 2.54 bits per heavy atom. The molecule has 76 valence electrons. The molecule has 0 radical (unpaired) electrons. The summed E-state index contributed by atoms with van der Waals surface area (Å²) >= 11 is 11.1. The van der Waals surface area contributed by atoms with E-state index in [0.717, 1.165) is 12.8 Å². The molecule has 0 aliphatic carbocycles. The highest BCUT2D eigenvalue weighted by Crippen LogP contribution is 2.27. The second kappa shape index (κ2) is 6.28. The predicted octanol–water partition coefficient (Wildman–Crippen LogP) is 3.38. The fourth-order valence-electron chi connectivity index (χ4n) is 0.833. The molecule has 0 aliphatic rings. The van der Waals surface area contributed by atoms with Crippen LogP contribution in [0.3, 0.4) is 0 Å². The van der Waals surface area contributed by atoms with Gasteiger partial charge < -0.3 is 5.11 Å². The lowest BCUT2D eigenvalue weighted by Gasteiger charge is -2.12. The summed E-state index contributed by atoms with van der Waals surface area (Å²) in [6, 6.07) is 0. The highest BCUT2D eigenvalue weighted by molar-refractivity contribution is 6.57. The zero-order valence-electron chi connectivity index (χ0n) is 7.59. The molecule has 0 fully saturated rings. The smallest absolute Gasteiger partial charge is 0.340 e. The number of unbranched alkanes of at least 4 members (excludes halogenated alkanes) is 1. The summed E-state index contributed by atoms with van der Waals surface area (Å²) in [4.78, 5) is 10.5. The van der Waals surface area contributed by atoms with Crippen molar-refractivity contribution in [3.05, 3.63) is 12.2 Å². The van der Waals surface area contributed by atoms with E-state index in [1.54, 1.807) is 0 Å². The number of aliphatic carboxylic acids is 1. The summed E-state index contributed by atoms with van der Waals surface area (Å²) < 4.78 is -1.62. The van der Waals surface area contributed by atoms with Crippen molar-refractivity contribution in [1.82, 2.24) is 0 Å². The standard InChI is InChI=1S/C9H14Cl2O2/c1-2-3-4-5-6-7-9(10,11)8(12)13/h3-4H,2,5-7H2,1H3,(H,12,13)/b4-3-. The monoisotopic (exact) mass is 224 g/mol. The molecule has 0 aromatic carbocycles. The van der Waals surface area contributed by atoms with Crippen molar-refractivity contribution < 1.29 is 9.90 Å². The summed E-state index contributed by atoms with van der Waals surface area (Å²) in [6.07, 6.45) is 6.82. The van der Waals surface area contributed by atoms with E-state index in [2.05, 4.69) is 0 Å². The number of hydrogen-bond donors (Lipinski definition) is 1. The van der Waals surface area contributed by atoms with Crippen molar-refractivity contribution in [2.24, 2.45) is 0 Å². The molecule has 0 amide bonds. The third-order valence-electron chi connectivity index (χ3n) is 1.58. The zero-order valence-corrected chi connectivity index (χ0v) is 9.11. The van der Waals surface area contributed by atoms with Gasteiger partial charge in [0.25, 0.3) is 0 Å². The highest BCUT2D eigenvalue weighted by atomic mass is 35.5. The number of halogens is 2. The first-order chi connectivity index (χ1) is 6.00. The van der Waals surface area contributed by atoms with Crippen LogP contribution in [0, 0.1) is 0 Å².